The Balaban J connectivity index is 1.89. The number of fused-ring (bicyclic) bond motifs is 1. The molecule has 1 heterocycles. The van der Waals surface area contributed by atoms with E-state index in [0.29, 0.717) is 12.3 Å². The molecule has 20 heavy (non-hydrogen) atoms. The second-order valence-electron chi connectivity index (χ2n) is 4.39. The van der Waals surface area contributed by atoms with Crippen LogP contribution < -0.4 is 4.74 Å². The summed E-state index contributed by atoms with van der Waals surface area (Å²) >= 11 is 0. The second-order valence-corrected chi connectivity index (χ2v) is 4.39. The van der Waals surface area contributed by atoms with Crippen molar-refractivity contribution in [2.75, 3.05) is 0 Å². The van der Waals surface area contributed by atoms with Gasteiger partial charge in [-0.15, -0.1) is 0 Å². The molecule has 0 bridgehead atoms. The Morgan fingerprint density at radius 3 is 2.75 bits per heavy atom. The maximum Gasteiger partial charge on any atom is 0.147 e. The lowest BCUT2D eigenvalue weighted by Gasteiger charge is -2.09. The van der Waals surface area contributed by atoms with Crippen molar-refractivity contribution in [1.82, 2.24) is 4.98 Å². The molecule has 3 rings (SSSR count). The van der Waals surface area contributed by atoms with Gasteiger partial charge in [-0.25, -0.2) is 4.98 Å². The lowest BCUT2D eigenvalue weighted by Crippen LogP contribution is -2.00. The topological polar surface area (TPSA) is 45.9 Å². The fourth-order valence-corrected chi connectivity index (χ4v) is 2.13. The Morgan fingerprint density at radius 2 is 1.85 bits per heavy atom. The summed E-state index contributed by atoms with van der Waals surface area (Å²) < 4.78 is 5.86. The zero-order chi connectivity index (χ0) is 13.8. The molecule has 0 aliphatic carbocycles. The molecule has 0 saturated carbocycles. The predicted octanol–water partition coefficient (Wildman–Crippen LogP) is 3.69. The van der Waals surface area contributed by atoms with Crippen LogP contribution >= 0.6 is 0 Å². The van der Waals surface area contributed by atoms with Crippen molar-refractivity contribution >= 4 is 10.8 Å². The summed E-state index contributed by atoms with van der Waals surface area (Å²) in [5, 5.41) is 11.2. The summed E-state index contributed by atoms with van der Waals surface area (Å²) in [6, 6.07) is 19.8. The van der Waals surface area contributed by atoms with Gasteiger partial charge in [0.2, 0.25) is 0 Å². The quantitative estimate of drug-likeness (QED) is 0.721. The molecule has 0 N–H and O–H groups in total. The maximum absolute atomic E-state index is 9.02. The van der Waals surface area contributed by atoms with Gasteiger partial charge in [-0.05, 0) is 17.5 Å². The van der Waals surface area contributed by atoms with Gasteiger partial charge in [0.05, 0.1) is 0 Å². The summed E-state index contributed by atoms with van der Waals surface area (Å²) in [4.78, 5) is 4.03. The van der Waals surface area contributed by atoms with Gasteiger partial charge >= 0.3 is 0 Å². The lowest BCUT2D eigenvalue weighted by atomic mass is 10.1. The molecule has 0 amide bonds. The van der Waals surface area contributed by atoms with E-state index >= 15 is 0 Å². The highest BCUT2D eigenvalue weighted by Gasteiger charge is 2.05. The van der Waals surface area contributed by atoms with Crippen LogP contribution in [0.1, 0.15) is 11.3 Å². The molecule has 0 aliphatic heterocycles. The number of rotatable bonds is 3. The van der Waals surface area contributed by atoms with E-state index in [-0.39, 0.29) is 0 Å². The molecule has 3 aromatic rings. The summed E-state index contributed by atoms with van der Waals surface area (Å²) in [5.74, 6) is 0.816. The zero-order valence-corrected chi connectivity index (χ0v) is 10.8. The van der Waals surface area contributed by atoms with Crippen LogP contribution in [-0.4, -0.2) is 4.98 Å². The number of nitrogens with zero attached hydrogens (tertiary/aromatic N) is 2. The summed E-state index contributed by atoms with van der Waals surface area (Å²) in [6.45, 7) is 0.338. The minimum absolute atomic E-state index is 0.338. The minimum Gasteiger partial charge on any atom is -0.488 e. The van der Waals surface area contributed by atoms with Crippen LogP contribution in [0.25, 0.3) is 10.8 Å². The molecule has 3 heteroatoms. The SMILES string of the molecule is N#Cc1ncccc1COc1cccc2ccccc12. The molecule has 3 nitrogen and oxygen atoms in total. The molecule has 0 radical (unpaired) electrons. The maximum atomic E-state index is 9.02. The van der Waals surface area contributed by atoms with E-state index < -0.39 is 0 Å². The van der Waals surface area contributed by atoms with E-state index in [0.717, 1.165) is 22.1 Å². The normalized spacial score (nSPS) is 10.2. The summed E-state index contributed by atoms with van der Waals surface area (Å²) in [7, 11) is 0. The first-order valence-corrected chi connectivity index (χ1v) is 6.33. The molecule has 0 aliphatic rings. The van der Waals surface area contributed by atoms with E-state index in [1.54, 1.807) is 6.20 Å². The monoisotopic (exact) mass is 260 g/mol. The van der Waals surface area contributed by atoms with Gasteiger partial charge in [0.25, 0.3) is 0 Å². The standard InChI is InChI=1S/C17H12N2O/c18-11-16-14(7-4-10-19-16)12-20-17-9-3-6-13-5-1-2-8-15(13)17/h1-10H,12H2. The third-order valence-electron chi connectivity index (χ3n) is 3.13. The average Bonchev–Trinajstić information content (AvgIpc) is 2.53. The van der Waals surface area contributed by atoms with Crippen molar-refractivity contribution in [1.29, 1.82) is 5.26 Å². The van der Waals surface area contributed by atoms with Crippen molar-refractivity contribution in [3.8, 4) is 11.8 Å². The molecule has 0 saturated heterocycles. The highest BCUT2D eigenvalue weighted by Crippen LogP contribution is 2.26. The van der Waals surface area contributed by atoms with Crippen LogP contribution in [0.15, 0.2) is 60.8 Å². The molecule has 2 aromatic carbocycles. The largest absolute Gasteiger partial charge is 0.488 e. The summed E-state index contributed by atoms with van der Waals surface area (Å²) in [5.41, 5.74) is 1.20. The Morgan fingerprint density at radius 1 is 1.00 bits per heavy atom. The molecule has 0 unspecified atom stereocenters. The number of hydrogen-bond donors (Lipinski definition) is 0. The van der Waals surface area contributed by atoms with Gasteiger partial charge in [-0.3, -0.25) is 0 Å². The van der Waals surface area contributed by atoms with Gasteiger partial charge in [0.1, 0.15) is 24.1 Å². The van der Waals surface area contributed by atoms with E-state index in [1.165, 1.54) is 0 Å². The second kappa shape index (κ2) is 5.41. The fourth-order valence-electron chi connectivity index (χ4n) is 2.13. The van der Waals surface area contributed by atoms with E-state index in [2.05, 4.69) is 11.1 Å². The number of hydrogen-bond acceptors (Lipinski definition) is 3. The number of nitriles is 1. The first-order valence-electron chi connectivity index (χ1n) is 6.33. The third-order valence-corrected chi connectivity index (χ3v) is 3.13. The number of ether oxygens (including phenoxy) is 1. The van der Waals surface area contributed by atoms with E-state index in [9.17, 15) is 0 Å². The van der Waals surface area contributed by atoms with Gasteiger partial charge in [-0.2, -0.15) is 5.26 Å². The molecule has 1 aromatic heterocycles. The van der Waals surface area contributed by atoms with Gasteiger partial charge in [0.15, 0.2) is 0 Å². The van der Waals surface area contributed by atoms with Crippen LogP contribution in [-0.2, 0) is 6.61 Å². The van der Waals surface area contributed by atoms with Crippen molar-refractivity contribution in [3.05, 3.63) is 72.1 Å². The fraction of sp³-hybridized carbons (Fsp3) is 0.0588. The number of benzene rings is 2. The van der Waals surface area contributed by atoms with Crippen LogP contribution in [0.2, 0.25) is 0 Å². The van der Waals surface area contributed by atoms with Crippen LogP contribution in [0.5, 0.6) is 5.75 Å². The highest BCUT2D eigenvalue weighted by molar-refractivity contribution is 5.88. The van der Waals surface area contributed by atoms with Gasteiger partial charge in [0, 0.05) is 17.1 Å². The van der Waals surface area contributed by atoms with Crippen molar-refractivity contribution < 1.29 is 4.74 Å². The average molecular weight is 260 g/mol. The Labute approximate surface area is 117 Å². The van der Waals surface area contributed by atoms with E-state index in [4.69, 9.17) is 10.00 Å². The van der Waals surface area contributed by atoms with Crippen LogP contribution in [0.3, 0.4) is 0 Å². The first kappa shape index (κ1) is 12.2. The third kappa shape index (κ3) is 2.32. The lowest BCUT2D eigenvalue weighted by molar-refractivity contribution is 0.309. The number of aromatic nitrogens is 1. The Bertz CT molecular complexity index is 785. The predicted molar refractivity (Wildman–Crippen MR) is 77.2 cm³/mol. The van der Waals surface area contributed by atoms with Crippen molar-refractivity contribution in [3.63, 3.8) is 0 Å². The molecular weight excluding hydrogens is 248 g/mol. The first-order chi connectivity index (χ1) is 9.88. The summed E-state index contributed by atoms with van der Waals surface area (Å²) in [6.07, 6.45) is 1.61. The Hall–Kier alpha value is -2.86. The number of pyridine rings is 1. The molecule has 0 atom stereocenters. The van der Waals surface area contributed by atoms with Crippen molar-refractivity contribution in [2.45, 2.75) is 6.61 Å². The van der Waals surface area contributed by atoms with Gasteiger partial charge < -0.3 is 4.74 Å². The molecule has 0 fully saturated rings. The Kier molecular flexibility index (Phi) is 3.30. The molecular formula is C17H12N2O. The van der Waals surface area contributed by atoms with Crippen LogP contribution in [0, 0.1) is 11.3 Å². The zero-order valence-electron chi connectivity index (χ0n) is 10.8. The smallest absolute Gasteiger partial charge is 0.147 e. The highest BCUT2D eigenvalue weighted by atomic mass is 16.5. The molecule has 0 spiro atoms. The molecule has 96 valence electrons. The van der Waals surface area contributed by atoms with Gasteiger partial charge in [-0.1, -0.05) is 42.5 Å². The van der Waals surface area contributed by atoms with E-state index in [1.807, 2.05) is 54.6 Å². The minimum atomic E-state index is 0.338. The van der Waals surface area contributed by atoms with Crippen molar-refractivity contribution in [2.24, 2.45) is 0 Å². The van der Waals surface area contributed by atoms with Crippen LogP contribution in [0.4, 0.5) is 0 Å².